The van der Waals surface area contributed by atoms with Crippen LogP contribution in [0.4, 0.5) is 5.82 Å². The van der Waals surface area contributed by atoms with Crippen molar-refractivity contribution in [3.8, 4) is 0 Å². The Hall–Kier alpha value is -1.90. The average molecular weight is 358 g/mol. The fraction of sp³-hybridized carbons (Fsp3) is 0.375. The first-order valence-corrected chi connectivity index (χ1v) is 9.37. The second-order valence-electron chi connectivity index (χ2n) is 6.70. The Labute approximate surface area is 148 Å². The quantitative estimate of drug-likeness (QED) is 0.554. The number of hydrogen-bond donors (Lipinski definition) is 2. The Morgan fingerprint density at radius 1 is 1.25 bits per heavy atom. The minimum atomic E-state index is 0.0986. The smallest absolute Gasteiger partial charge is 0.158 e. The topological polar surface area (TPSA) is 75.1 Å². The molecule has 3 aromatic heterocycles. The lowest BCUT2D eigenvalue weighted by Crippen LogP contribution is -2.07. The maximum absolute atomic E-state index is 4.56. The summed E-state index contributed by atoms with van der Waals surface area (Å²) in [5, 5.41) is 9.52. The van der Waals surface area contributed by atoms with Crippen molar-refractivity contribution in [1.82, 2.24) is 20.3 Å². The molecule has 124 valence electrons. The van der Waals surface area contributed by atoms with Gasteiger partial charge in [0.15, 0.2) is 5.82 Å². The average Bonchev–Trinajstić information content (AvgIpc) is 3.19. The van der Waals surface area contributed by atoms with Gasteiger partial charge in [0.2, 0.25) is 0 Å². The molecule has 0 fully saturated rings. The predicted octanol–water partition coefficient (Wildman–Crippen LogP) is 3.49. The molecule has 0 radical (unpaired) electrons. The predicted molar refractivity (Wildman–Crippen MR) is 100.0 cm³/mol. The third kappa shape index (κ3) is 2.92. The summed E-state index contributed by atoms with van der Waals surface area (Å²) in [6, 6.07) is 2.15. The molecule has 0 saturated carbocycles. The number of aromatic nitrogens is 3. The zero-order chi connectivity index (χ0) is 16.7. The van der Waals surface area contributed by atoms with Crippen LogP contribution in [-0.2, 0) is 18.5 Å². The molecule has 1 aliphatic heterocycles. The largest absolute Gasteiger partial charge is 0.306 e. The van der Waals surface area contributed by atoms with Gasteiger partial charge < -0.3 is 5.32 Å². The summed E-state index contributed by atoms with van der Waals surface area (Å²) in [6.07, 6.45) is 3.33. The molecule has 4 rings (SSSR count). The molecule has 0 unspecified atom stereocenters. The number of anilines is 1. The van der Waals surface area contributed by atoms with Crippen molar-refractivity contribution >= 4 is 44.9 Å². The molecule has 24 heavy (non-hydrogen) atoms. The summed E-state index contributed by atoms with van der Waals surface area (Å²) in [4.78, 5) is 16.8. The molecule has 0 spiro atoms. The lowest BCUT2D eigenvalue weighted by Gasteiger charge is -2.14. The molecule has 0 amide bonds. The first kappa shape index (κ1) is 15.6. The van der Waals surface area contributed by atoms with Crippen molar-refractivity contribution in [3.63, 3.8) is 0 Å². The number of nitrogens with one attached hydrogen (secondary N) is 2. The maximum Gasteiger partial charge on any atom is 0.158 e. The molecule has 0 aliphatic carbocycles. The third-order valence-electron chi connectivity index (χ3n) is 3.79. The Bertz CT molecular complexity index is 897. The van der Waals surface area contributed by atoms with Crippen LogP contribution in [0.1, 0.15) is 41.2 Å². The van der Waals surface area contributed by atoms with Crippen molar-refractivity contribution < 1.29 is 0 Å². The van der Waals surface area contributed by atoms with E-state index in [0.717, 1.165) is 39.8 Å². The third-order valence-corrected chi connectivity index (χ3v) is 6.29. The van der Waals surface area contributed by atoms with E-state index in [9.17, 15) is 0 Å². The molecule has 6 nitrogen and oxygen atoms in total. The van der Waals surface area contributed by atoms with E-state index in [2.05, 4.69) is 57.6 Å². The number of rotatable bonds is 3. The Balaban J connectivity index is 1.57. The van der Waals surface area contributed by atoms with Crippen LogP contribution in [0.2, 0.25) is 0 Å². The van der Waals surface area contributed by atoms with E-state index in [1.807, 2.05) is 0 Å². The monoisotopic (exact) mass is 358 g/mol. The van der Waals surface area contributed by atoms with Gasteiger partial charge in [-0.3, -0.25) is 5.43 Å². The summed E-state index contributed by atoms with van der Waals surface area (Å²) in [6.45, 7) is 8.36. The van der Waals surface area contributed by atoms with E-state index in [4.69, 9.17) is 0 Å². The van der Waals surface area contributed by atoms with Gasteiger partial charge in [0.1, 0.15) is 16.2 Å². The van der Waals surface area contributed by atoms with Gasteiger partial charge in [0.25, 0.3) is 0 Å². The van der Waals surface area contributed by atoms with Crippen LogP contribution < -0.4 is 10.7 Å². The van der Waals surface area contributed by atoms with Crippen molar-refractivity contribution in [3.05, 3.63) is 32.8 Å². The van der Waals surface area contributed by atoms with E-state index in [0.29, 0.717) is 0 Å². The van der Waals surface area contributed by atoms with Gasteiger partial charge in [-0.2, -0.15) is 5.10 Å². The van der Waals surface area contributed by atoms with Gasteiger partial charge >= 0.3 is 0 Å². The molecule has 0 saturated heterocycles. The van der Waals surface area contributed by atoms with Gasteiger partial charge in [-0.25, -0.2) is 15.0 Å². The number of hydrogen-bond acceptors (Lipinski definition) is 8. The normalized spacial score (nSPS) is 14.6. The summed E-state index contributed by atoms with van der Waals surface area (Å²) in [5.74, 6) is 0.730. The van der Waals surface area contributed by atoms with Gasteiger partial charge in [0, 0.05) is 22.8 Å². The Kier molecular flexibility index (Phi) is 3.82. The van der Waals surface area contributed by atoms with E-state index in [1.54, 1.807) is 35.2 Å². The second kappa shape index (κ2) is 5.87. The van der Waals surface area contributed by atoms with Crippen LogP contribution in [0, 0.1) is 0 Å². The molecular formula is C16H18N6S2. The minimum absolute atomic E-state index is 0.0986. The van der Waals surface area contributed by atoms with Crippen LogP contribution in [0.15, 0.2) is 17.5 Å². The van der Waals surface area contributed by atoms with Crippen LogP contribution in [0.25, 0.3) is 10.2 Å². The fourth-order valence-corrected chi connectivity index (χ4v) is 4.47. The molecule has 1 aliphatic rings. The SMILES string of the molecule is CC(C)(C)c1cc2c(N/N=C/c3nc4c(s3)CNC4)ncnc2s1. The molecular weight excluding hydrogens is 340 g/mol. The van der Waals surface area contributed by atoms with Gasteiger partial charge in [0.05, 0.1) is 17.3 Å². The first-order chi connectivity index (χ1) is 11.5. The Morgan fingerprint density at radius 3 is 2.92 bits per heavy atom. The summed E-state index contributed by atoms with van der Waals surface area (Å²) < 4.78 is 0. The minimum Gasteiger partial charge on any atom is -0.306 e. The molecule has 0 aromatic carbocycles. The van der Waals surface area contributed by atoms with E-state index < -0.39 is 0 Å². The van der Waals surface area contributed by atoms with Crippen LogP contribution in [-0.4, -0.2) is 21.2 Å². The summed E-state index contributed by atoms with van der Waals surface area (Å²) in [7, 11) is 0. The molecule has 2 N–H and O–H groups in total. The summed E-state index contributed by atoms with van der Waals surface area (Å²) >= 11 is 3.38. The summed E-state index contributed by atoms with van der Waals surface area (Å²) in [5.41, 5.74) is 4.28. The van der Waals surface area contributed by atoms with Gasteiger partial charge in [-0.05, 0) is 11.5 Å². The number of hydrazone groups is 1. The highest BCUT2D eigenvalue weighted by molar-refractivity contribution is 7.18. The van der Waals surface area contributed by atoms with Crippen LogP contribution in [0.3, 0.4) is 0 Å². The lowest BCUT2D eigenvalue weighted by molar-refractivity contribution is 0.604. The molecule has 0 atom stereocenters. The fourth-order valence-electron chi connectivity index (χ4n) is 2.49. The van der Waals surface area contributed by atoms with E-state index >= 15 is 0 Å². The molecule has 4 heterocycles. The van der Waals surface area contributed by atoms with Crippen molar-refractivity contribution in [2.45, 2.75) is 39.3 Å². The molecule has 0 bridgehead atoms. The Morgan fingerprint density at radius 2 is 2.12 bits per heavy atom. The highest BCUT2D eigenvalue weighted by atomic mass is 32.1. The number of fused-ring (bicyclic) bond motifs is 2. The highest BCUT2D eigenvalue weighted by Crippen LogP contribution is 2.35. The van der Waals surface area contributed by atoms with Crippen LogP contribution in [0.5, 0.6) is 0 Å². The zero-order valence-corrected chi connectivity index (χ0v) is 15.4. The second-order valence-corrected chi connectivity index (χ2v) is 8.84. The maximum atomic E-state index is 4.56. The number of thiazole rings is 1. The number of nitrogens with zero attached hydrogens (tertiary/aromatic N) is 4. The highest BCUT2D eigenvalue weighted by Gasteiger charge is 2.19. The van der Waals surface area contributed by atoms with E-state index in [-0.39, 0.29) is 5.41 Å². The van der Waals surface area contributed by atoms with Crippen molar-refractivity contribution in [2.24, 2.45) is 5.10 Å². The van der Waals surface area contributed by atoms with Gasteiger partial charge in [-0.15, -0.1) is 22.7 Å². The van der Waals surface area contributed by atoms with E-state index in [1.165, 1.54) is 9.75 Å². The first-order valence-electron chi connectivity index (χ1n) is 7.74. The molecule has 8 heteroatoms. The number of thiophene rings is 1. The van der Waals surface area contributed by atoms with Gasteiger partial charge in [-0.1, -0.05) is 20.8 Å². The zero-order valence-electron chi connectivity index (χ0n) is 13.8. The van der Waals surface area contributed by atoms with Crippen molar-refractivity contribution in [1.29, 1.82) is 0 Å². The van der Waals surface area contributed by atoms with Crippen LogP contribution >= 0.6 is 22.7 Å². The lowest BCUT2D eigenvalue weighted by atomic mass is 9.94. The standard InChI is InChI=1S/C16H18N6S2/c1-16(2,3)12-4-9-14(18-8-19-15(9)24-12)22-20-7-13-21-10-5-17-6-11(10)23-13/h4,7-8,17H,5-6H2,1-3H3,(H,18,19,22)/b20-7+. The molecule has 3 aromatic rings. The van der Waals surface area contributed by atoms with Crippen molar-refractivity contribution in [2.75, 3.05) is 5.43 Å².